The van der Waals surface area contributed by atoms with Crippen LogP contribution in [0, 0.1) is 0 Å². The first-order chi connectivity index (χ1) is 6.66. The van der Waals surface area contributed by atoms with Crippen molar-refractivity contribution >= 4 is 11.8 Å². The zero-order valence-electron chi connectivity index (χ0n) is 8.45. The number of amides is 2. The van der Waals surface area contributed by atoms with E-state index in [1.165, 1.54) is 11.9 Å². The minimum atomic E-state index is -0.204. The normalized spacial score (nSPS) is 23.0. The number of nitrogens with two attached hydrogens (primary N) is 1. The summed E-state index contributed by atoms with van der Waals surface area (Å²) in [6.45, 7) is 1.34. The SMILES string of the molecule is CN1C(=O)CCC(NCCCN)C1=O. The second kappa shape index (κ2) is 5.07. The predicted octanol–water partition coefficient (Wildman–Crippen LogP) is -0.928. The molecule has 1 heterocycles. The summed E-state index contributed by atoms with van der Waals surface area (Å²) >= 11 is 0. The average Bonchev–Trinajstić information content (AvgIpc) is 2.18. The molecule has 0 aromatic heterocycles. The summed E-state index contributed by atoms with van der Waals surface area (Å²) in [4.78, 5) is 23.9. The van der Waals surface area contributed by atoms with Gasteiger partial charge in [-0.25, -0.2) is 0 Å². The zero-order valence-corrected chi connectivity index (χ0v) is 8.45. The molecule has 0 spiro atoms. The molecule has 0 aromatic rings. The number of hydrogen-bond donors (Lipinski definition) is 2. The minimum absolute atomic E-state index is 0.0909. The first-order valence-electron chi connectivity index (χ1n) is 4.90. The monoisotopic (exact) mass is 199 g/mol. The van der Waals surface area contributed by atoms with E-state index in [2.05, 4.69) is 5.32 Å². The van der Waals surface area contributed by atoms with Crippen LogP contribution in [0.2, 0.25) is 0 Å². The lowest BCUT2D eigenvalue weighted by atomic mass is 10.0. The first kappa shape index (κ1) is 11.1. The molecule has 3 N–H and O–H groups in total. The molecule has 1 aliphatic heterocycles. The van der Waals surface area contributed by atoms with E-state index in [4.69, 9.17) is 5.73 Å². The topological polar surface area (TPSA) is 75.4 Å². The summed E-state index contributed by atoms with van der Waals surface area (Å²) in [6.07, 6.45) is 1.90. The van der Waals surface area contributed by atoms with Crippen molar-refractivity contribution in [2.24, 2.45) is 5.73 Å². The summed E-state index contributed by atoms with van der Waals surface area (Å²) in [7, 11) is 1.53. The standard InChI is InChI=1S/C9H17N3O2/c1-12-8(13)4-3-7(9(12)14)11-6-2-5-10/h7,11H,2-6,10H2,1H3. The molecule has 1 aliphatic rings. The third-order valence-electron chi connectivity index (χ3n) is 2.42. The van der Waals surface area contributed by atoms with E-state index in [1.54, 1.807) is 0 Å². The maximum Gasteiger partial charge on any atom is 0.246 e. The number of rotatable bonds is 4. The number of carbonyl (C=O) groups excluding carboxylic acids is 2. The summed E-state index contributed by atoms with van der Waals surface area (Å²) < 4.78 is 0. The Morgan fingerprint density at radius 2 is 2.29 bits per heavy atom. The number of likely N-dealkylation sites (tertiary alicyclic amines) is 1. The third-order valence-corrected chi connectivity index (χ3v) is 2.42. The van der Waals surface area contributed by atoms with Gasteiger partial charge in [-0.15, -0.1) is 0 Å². The van der Waals surface area contributed by atoms with E-state index >= 15 is 0 Å². The van der Waals surface area contributed by atoms with Gasteiger partial charge in [0.05, 0.1) is 6.04 Å². The van der Waals surface area contributed by atoms with Crippen LogP contribution >= 0.6 is 0 Å². The summed E-state index contributed by atoms with van der Waals surface area (Å²) in [5.74, 6) is -0.217. The van der Waals surface area contributed by atoms with E-state index < -0.39 is 0 Å². The van der Waals surface area contributed by atoms with Crippen molar-refractivity contribution in [2.45, 2.75) is 25.3 Å². The van der Waals surface area contributed by atoms with Crippen molar-refractivity contribution in [2.75, 3.05) is 20.1 Å². The maximum absolute atomic E-state index is 11.5. The number of nitrogens with one attached hydrogen (secondary N) is 1. The smallest absolute Gasteiger partial charge is 0.246 e. The number of piperidine rings is 1. The molecule has 0 aliphatic carbocycles. The molecule has 1 atom stereocenters. The summed E-state index contributed by atoms with van der Waals surface area (Å²) in [5.41, 5.74) is 5.34. The van der Waals surface area contributed by atoms with Gasteiger partial charge in [0.2, 0.25) is 11.8 Å². The molecule has 1 saturated heterocycles. The Morgan fingerprint density at radius 3 is 2.93 bits per heavy atom. The molecule has 0 saturated carbocycles. The van der Waals surface area contributed by atoms with Crippen LogP contribution in [0.25, 0.3) is 0 Å². The van der Waals surface area contributed by atoms with Crippen LogP contribution < -0.4 is 11.1 Å². The van der Waals surface area contributed by atoms with Crippen LogP contribution in [0.3, 0.4) is 0 Å². The second-order valence-corrected chi connectivity index (χ2v) is 3.48. The van der Waals surface area contributed by atoms with Gasteiger partial charge in [0.15, 0.2) is 0 Å². The highest BCUT2D eigenvalue weighted by Gasteiger charge is 2.30. The van der Waals surface area contributed by atoms with Gasteiger partial charge in [-0.2, -0.15) is 0 Å². The Kier molecular flexibility index (Phi) is 4.03. The lowest BCUT2D eigenvalue weighted by Crippen LogP contribution is -2.51. The van der Waals surface area contributed by atoms with Gasteiger partial charge < -0.3 is 11.1 Å². The Morgan fingerprint density at radius 1 is 1.57 bits per heavy atom. The van der Waals surface area contributed by atoms with Crippen LogP contribution in [0.15, 0.2) is 0 Å². The highest BCUT2D eigenvalue weighted by molar-refractivity contribution is 6.00. The highest BCUT2D eigenvalue weighted by Crippen LogP contribution is 2.10. The van der Waals surface area contributed by atoms with Crippen molar-refractivity contribution in [3.63, 3.8) is 0 Å². The van der Waals surface area contributed by atoms with Gasteiger partial charge >= 0.3 is 0 Å². The van der Waals surface area contributed by atoms with Gasteiger partial charge in [-0.3, -0.25) is 14.5 Å². The van der Waals surface area contributed by atoms with Crippen molar-refractivity contribution < 1.29 is 9.59 Å². The van der Waals surface area contributed by atoms with Gasteiger partial charge in [0.1, 0.15) is 0 Å². The third kappa shape index (κ3) is 2.52. The lowest BCUT2D eigenvalue weighted by Gasteiger charge is -2.28. The fourth-order valence-corrected chi connectivity index (χ4v) is 1.48. The number of carbonyl (C=O) groups is 2. The molecule has 14 heavy (non-hydrogen) atoms. The van der Waals surface area contributed by atoms with Crippen LogP contribution in [-0.2, 0) is 9.59 Å². The van der Waals surface area contributed by atoms with Crippen LogP contribution in [0.4, 0.5) is 0 Å². The van der Waals surface area contributed by atoms with Crippen molar-refractivity contribution in [3.8, 4) is 0 Å². The van der Waals surface area contributed by atoms with E-state index in [1.807, 2.05) is 0 Å². The molecule has 1 unspecified atom stereocenters. The predicted molar refractivity (Wildman–Crippen MR) is 52.5 cm³/mol. The van der Waals surface area contributed by atoms with Gasteiger partial charge in [-0.1, -0.05) is 0 Å². The Labute approximate surface area is 83.6 Å². The molecule has 0 radical (unpaired) electrons. The molecule has 5 heteroatoms. The van der Waals surface area contributed by atoms with Gasteiger partial charge in [0, 0.05) is 13.5 Å². The second-order valence-electron chi connectivity index (χ2n) is 3.48. The van der Waals surface area contributed by atoms with E-state index in [0.29, 0.717) is 19.4 Å². The molecular formula is C9H17N3O2. The molecule has 2 amide bonds. The molecule has 80 valence electrons. The Balaban J connectivity index is 2.39. The van der Waals surface area contributed by atoms with E-state index in [9.17, 15) is 9.59 Å². The number of hydrogen-bond acceptors (Lipinski definition) is 4. The maximum atomic E-state index is 11.5. The van der Waals surface area contributed by atoms with Crippen LogP contribution in [-0.4, -0.2) is 42.9 Å². The van der Waals surface area contributed by atoms with Crippen molar-refractivity contribution in [3.05, 3.63) is 0 Å². The zero-order chi connectivity index (χ0) is 10.6. The molecule has 5 nitrogen and oxygen atoms in total. The summed E-state index contributed by atoms with van der Waals surface area (Å²) in [5, 5.41) is 3.10. The molecule has 0 aromatic carbocycles. The van der Waals surface area contributed by atoms with Crippen LogP contribution in [0.5, 0.6) is 0 Å². The lowest BCUT2D eigenvalue weighted by molar-refractivity contribution is -0.148. The Hall–Kier alpha value is -0.940. The molecular weight excluding hydrogens is 182 g/mol. The molecule has 0 bridgehead atoms. The first-order valence-corrected chi connectivity index (χ1v) is 4.90. The van der Waals surface area contributed by atoms with Crippen molar-refractivity contribution in [1.82, 2.24) is 10.2 Å². The average molecular weight is 199 g/mol. The highest BCUT2D eigenvalue weighted by atomic mass is 16.2. The van der Waals surface area contributed by atoms with Crippen molar-refractivity contribution in [1.29, 1.82) is 0 Å². The van der Waals surface area contributed by atoms with E-state index in [0.717, 1.165) is 13.0 Å². The van der Waals surface area contributed by atoms with E-state index in [-0.39, 0.29) is 17.9 Å². The Bertz CT molecular complexity index is 230. The number of nitrogens with zero attached hydrogens (tertiary/aromatic N) is 1. The fourth-order valence-electron chi connectivity index (χ4n) is 1.48. The van der Waals surface area contributed by atoms with Gasteiger partial charge in [-0.05, 0) is 25.9 Å². The quantitative estimate of drug-likeness (QED) is 0.453. The number of likely N-dealkylation sites (N-methyl/N-ethyl adjacent to an activating group) is 1. The minimum Gasteiger partial charge on any atom is -0.330 e. The fraction of sp³-hybridized carbons (Fsp3) is 0.778. The van der Waals surface area contributed by atoms with Crippen LogP contribution in [0.1, 0.15) is 19.3 Å². The largest absolute Gasteiger partial charge is 0.330 e. The molecule has 1 fully saturated rings. The number of imide groups is 1. The molecule has 1 rings (SSSR count). The summed E-state index contributed by atoms with van der Waals surface area (Å²) in [6, 6.07) is -0.204. The van der Waals surface area contributed by atoms with Gasteiger partial charge in [0.25, 0.3) is 0 Å².